The van der Waals surface area contributed by atoms with Crippen molar-refractivity contribution in [1.29, 1.82) is 0 Å². The van der Waals surface area contributed by atoms with Gasteiger partial charge in [-0.15, -0.1) is 0 Å². The van der Waals surface area contributed by atoms with Crippen molar-refractivity contribution >= 4 is 5.82 Å². The summed E-state index contributed by atoms with van der Waals surface area (Å²) in [6.07, 6.45) is 9.30. The van der Waals surface area contributed by atoms with E-state index >= 15 is 0 Å². The van der Waals surface area contributed by atoms with E-state index in [1.54, 1.807) is 18.6 Å². The van der Waals surface area contributed by atoms with E-state index in [0.29, 0.717) is 0 Å². The second kappa shape index (κ2) is 3.52. The molecule has 0 radical (unpaired) electrons. The van der Waals surface area contributed by atoms with Crippen LogP contribution < -0.4 is 5.32 Å². The third-order valence-electron chi connectivity index (χ3n) is 2.36. The molecule has 1 fully saturated rings. The molecule has 0 aromatic carbocycles. The Hall–Kier alpha value is -1.12. The summed E-state index contributed by atoms with van der Waals surface area (Å²) < 4.78 is 0. The lowest BCUT2D eigenvalue weighted by Crippen LogP contribution is -2.21. The Labute approximate surface area is 72.2 Å². The molecule has 0 saturated heterocycles. The van der Waals surface area contributed by atoms with Gasteiger partial charge in [-0.1, -0.05) is 6.42 Å². The van der Waals surface area contributed by atoms with Gasteiger partial charge in [0.15, 0.2) is 0 Å². The third kappa shape index (κ3) is 1.72. The van der Waals surface area contributed by atoms with Crippen LogP contribution in [0.3, 0.4) is 0 Å². The Morgan fingerprint density at radius 1 is 1.42 bits per heavy atom. The summed E-state index contributed by atoms with van der Waals surface area (Å²) in [7, 11) is 0. The highest BCUT2D eigenvalue weighted by molar-refractivity contribution is 5.29. The average Bonchev–Trinajstić information content (AvgIpc) is 2.04. The highest BCUT2D eigenvalue weighted by atomic mass is 15.0. The molecule has 3 heteroatoms. The summed E-state index contributed by atoms with van der Waals surface area (Å²) in [5.41, 5.74) is 0. The van der Waals surface area contributed by atoms with Gasteiger partial charge >= 0.3 is 0 Å². The van der Waals surface area contributed by atoms with Crippen molar-refractivity contribution < 1.29 is 0 Å². The minimum Gasteiger partial charge on any atom is -0.369 e. The highest BCUT2D eigenvalue weighted by Crippen LogP contribution is 2.25. The molecule has 1 aromatic rings. The number of hydrogen-bond acceptors (Lipinski definition) is 3. The maximum absolute atomic E-state index is 4.14. The summed E-state index contributed by atoms with van der Waals surface area (Å²) >= 11 is 0. The van der Waals surface area contributed by atoms with Gasteiger partial charge in [0.25, 0.3) is 0 Å². The third-order valence-corrected chi connectivity index (χ3v) is 2.36. The minimum atomic E-state index is 0.868. The molecule has 1 aromatic heterocycles. The maximum atomic E-state index is 4.14. The first kappa shape index (κ1) is 7.53. The molecule has 3 nitrogen and oxygen atoms in total. The summed E-state index contributed by atoms with van der Waals surface area (Å²) in [6, 6.07) is 0. The van der Waals surface area contributed by atoms with Crippen molar-refractivity contribution in [1.82, 2.24) is 9.97 Å². The molecule has 0 amide bonds. The molecule has 0 bridgehead atoms. The van der Waals surface area contributed by atoms with E-state index in [0.717, 1.165) is 18.3 Å². The number of nitrogens with zero attached hydrogens (tertiary/aromatic N) is 2. The minimum absolute atomic E-state index is 0.868. The van der Waals surface area contributed by atoms with Gasteiger partial charge in [0, 0.05) is 18.9 Å². The van der Waals surface area contributed by atoms with Crippen LogP contribution in [0.5, 0.6) is 0 Å². The highest BCUT2D eigenvalue weighted by Gasteiger charge is 2.16. The first-order valence-electron chi connectivity index (χ1n) is 4.45. The second-order valence-electron chi connectivity index (χ2n) is 3.27. The molecule has 64 valence electrons. The van der Waals surface area contributed by atoms with Gasteiger partial charge in [-0.3, -0.25) is 4.98 Å². The molecule has 0 spiro atoms. The Kier molecular flexibility index (Phi) is 2.21. The van der Waals surface area contributed by atoms with E-state index in [-0.39, 0.29) is 0 Å². The van der Waals surface area contributed by atoms with Crippen LogP contribution >= 0.6 is 0 Å². The van der Waals surface area contributed by atoms with E-state index in [2.05, 4.69) is 15.3 Å². The first-order valence-corrected chi connectivity index (χ1v) is 4.45. The average molecular weight is 163 g/mol. The Morgan fingerprint density at radius 2 is 2.33 bits per heavy atom. The fourth-order valence-electron chi connectivity index (χ4n) is 1.34. The fraction of sp³-hybridized carbons (Fsp3) is 0.556. The van der Waals surface area contributed by atoms with Gasteiger partial charge < -0.3 is 5.32 Å². The van der Waals surface area contributed by atoms with Gasteiger partial charge in [-0.2, -0.15) is 0 Å². The van der Waals surface area contributed by atoms with Gasteiger partial charge in [0.2, 0.25) is 0 Å². The Balaban J connectivity index is 1.79. The number of aromatic nitrogens is 2. The molecule has 0 unspecified atom stereocenters. The van der Waals surface area contributed by atoms with Gasteiger partial charge in [-0.25, -0.2) is 4.98 Å². The number of anilines is 1. The largest absolute Gasteiger partial charge is 0.369 e. The zero-order valence-electron chi connectivity index (χ0n) is 7.03. The molecule has 1 aliphatic rings. The maximum Gasteiger partial charge on any atom is 0.144 e. The van der Waals surface area contributed by atoms with Crippen molar-refractivity contribution in [2.45, 2.75) is 19.3 Å². The van der Waals surface area contributed by atoms with Crippen LogP contribution in [0.25, 0.3) is 0 Å². The zero-order chi connectivity index (χ0) is 8.23. The van der Waals surface area contributed by atoms with Crippen molar-refractivity contribution in [2.75, 3.05) is 11.9 Å². The van der Waals surface area contributed by atoms with E-state index in [4.69, 9.17) is 0 Å². The summed E-state index contributed by atoms with van der Waals surface area (Å²) in [4.78, 5) is 8.12. The van der Waals surface area contributed by atoms with Crippen LogP contribution in [0.2, 0.25) is 0 Å². The van der Waals surface area contributed by atoms with Crippen LogP contribution in [0.4, 0.5) is 5.82 Å². The van der Waals surface area contributed by atoms with Crippen molar-refractivity contribution in [2.24, 2.45) is 5.92 Å². The lowest BCUT2D eigenvalue weighted by molar-refractivity contribution is 0.333. The molecule has 12 heavy (non-hydrogen) atoms. The van der Waals surface area contributed by atoms with Crippen molar-refractivity contribution in [3.05, 3.63) is 18.6 Å². The van der Waals surface area contributed by atoms with Crippen LogP contribution in [-0.2, 0) is 0 Å². The van der Waals surface area contributed by atoms with Crippen molar-refractivity contribution in [3.63, 3.8) is 0 Å². The lowest BCUT2D eigenvalue weighted by atomic mass is 9.85. The number of nitrogens with one attached hydrogen (secondary N) is 1. The molecular formula is C9H13N3. The Bertz CT molecular complexity index is 231. The molecule has 1 heterocycles. The second-order valence-corrected chi connectivity index (χ2v) is 3.27. The monoisotopic (exact) mass is 163 g/mol. The zero-order valence-corrected chi connectivity index (χ0v) is 7.03. The van der Waals surface area contributed by atoms with Crippen molar-refractivity contribution in [3.8, 4) is 0 Å². The standard InChI is InChI=1S/C9H13N3/c1-2-8(3-1)6-12-9-7-10-4-5-11-9/h4-5,7-8H,1-3,6H2,(H,11,12). The normalized spacial score (nSPS) is 17.0. The smallest absolute Gasteiger partial charge is 0.144 e. The van der Waals surface area contributed by atoms with Crippen LogP contribution in [-0.4, -0.2) is 16.5 Å². The topological polar surface area (TPSA) is 37.8 Å². The quantitative estimate of drug-likeness (QED) is 0.736. The van der Waals surface area contributed by atoms with E-state index in [1.807, 2.05) is 0 Å². The fourth-order valence-corrected chi connectivity index (χ4v) is 1.34. The molecule has 1 aliphatic carbocycles. The van der Waals surface area contributed by atoms with E-state index in [1.165, 1.54) is 19.3 Å². The number of rotatable bonds is 3. The van der Waals surface area contributed by atoms with Gasteiger partial charge in [0.1, 0.15) is 5.82 Å². The predicted octanol–water partition coefficient (Wildman–Crippen LogP) is 1.69. The van der Waals surface area contributed by atoms with E-state index in [9.17, 15) is 0 Å². The van der Waals surface area contributed by atoms with Gasteiger partial charge in [-0.05, 0) is 18.8 Å². The van der Waals surface area contributed by atoms with Gasteiger partial charge in [0.05, 0.1) is 6.20 Å². The lowest BCUT2D eigenvalue weighted by Gasteiger charge is -2.25. The SMILES string of the molecule is c1cnc(NCC2CCC2)cn1. The number of hydrogen-bond donors (Lipinski definition) is 1. The molecule has 0 atom stereocenters. The molecule has 0 aliphatic heterocycles. The van der Waals surface area contributed by atoms with Crippen LogP contribution in [0.15, 0.2) is 18.6 Å². The summed E-state index contributed by atoms with van der Waals surface area (Å²) in [5.74, 6) is 1.76. The van der Waals surface area contributed by atoms with Crippen LogP contribution in [0, 0.1) is 5.92 Å². The Morgan fingerprint density at radius 3 is 2.92 bits per heavy atom. The summed E-state index contributed by atoms with van der Waals surface area (Å²) in [6.45, 7) is 1.05. The molecule has 2 rings (SSSR count). The summed E-state index contributed by atoms with van der Waals surface area (Å²) in [5, 5.41) is 3.27. The van der Waals surface area contributed by atoms with Crippen LogP contribution in [0.1, 0.15) is 19.3 Å². The molecule has 1 saturated carbocycles. The predicted molar refractivity (Wildman–Crippen MR) is 47.9 cm³/mol. The first-order chi connectivity index (χ1) is 5.95. The molecular weight excluding hydrogens is 150 g/mol. The molecule has 1 N–H and O–H groups in total. The van der Waals surface area contributed by atoms with E-state index < -0.39 is 0 Å².